The minimum atomic E-state index is -0.672. The van der Waals surface area contributed by atoms with Crippen molar-refractivity contribution in [2.24, 2.45) is 0 Å². The van der Waals surface area contributed by atoms with E-state index in [-0.39, 0.29) is 12.2 Å². The van der Waals surface area contributed by atoms with E-state index in [1.807, 2.05) is 32.0 Å². The van der Waals surface area contributed by atoms with Gasteiger partial charge in [-0.15, -0.1) is 0 Å². The van der Waals surface area contributed by atoms with Gasteiger partial charge in [-0.2, -0.15) is 5.26 Å². The molecule has 1 aromatic carbocycles. The van der Waals surface area contributed by atoms with E-state index < -0.39 is 5.79 Å². The van der Waals surface area contributed by atoms with E-state index in [9.17, 15) is 0 Å². The minimum Gasteiger partial charge on any atom is -0.377 e. The predicted molar refractivity (Wildman–Crippen MR) is 79.4 cm³/mol. The third kappa shape index (κ3) is 5.47. The summed E-state index contributed by atoms with van der Waals surface area (Å²) >= 11 is 0. The Bertz CT molecular complexity index is 467. The van der Waals surface area contributed by atoms with Gasteiger partial charge in [0.2, 0.25) is 0 Å². The molecule has 1 fully saturated rings. The third-order valence-electron chi connectivity index (χ3n) is 3.42. The van der Waals surface area contributed by atoms with Crippen LogP contribution in [0.2, 0.25) is 0 Å². The Morgan fingerprint density at radius 3 is 2.76 bits per heavy atom. The summed E-state index contributed by atoms with van der Waals surface area (Å²) in [4.78, 5) is 0. The fourth-order valence-electron chi connectivity index (χ4n) is 2.54. The lowest BCUT2D eigenvalue weighted by Crippen LogP contribution is -2.44. The third-order valence-corrected chi connectivity index (χ3v) is 3.42. The Kier molecular flexibility index (Phi) is 5.75. The fourth-order valence-corrected chi connectivity index (χ4v) is 2.54. The smallest absolute Gasteiger partial charge is 0.164 e. The van der Waals surface area contributed by atoms with E-state index >= 15 is 0 Å². The first-order chi connectivity index (χ1) is 10.1. The van der Waals surface area contributed by atoms with E-state index in [4.69, 9.17) is 19.5 Å². The molecule has 114 valence electrons. The minimum absolute atomic E-state index is 0.0683. The van der Waals surface area contributed by atoms with Gasteiger partial charge >= 0.3 is 0 Å². The second-order valence-electron chi connectivity index (χ2n) is 5.79. The number of hydrogen-bond acceptors (Lipinski definition) is 4. The van der Waals surface area contributed by atoms with Crippen molar-refractivity contribution in [3.8, 4) is 6.07 Å². The Hall–Kier alpha value is -1.41. The van der Waals surface area contributed by atoms with Crippen molar-refractivity contribution in [1.29, 1.82) is 5.26 Å². The topological polar surface area (TPSA) is 51.5 Å². The first-order valence-electron chi connectivity index (χ1n) is 7.46. The van der Waals surface area contributed by atoms with Crippen LogP contribution in [0.15, 0.2) is 30.3 Å². The van der Waals surface area contributed by atoms with Crippen LogP contribution in [0.3, 0.4) is 0 Å². The van der Waals surface area contributed by atoms with Gasteiger partial charge in [0, 0.05) is 13.0 Å². The molecule has 2 atom stereocenters. The second kappa shape index (κ2) is 7.56. The molecule has 0 aliphatic carbocycles. The van der Waals surface area contributed by atoms with Gasteiger partial charge in [0.15, 0.2) is 5.79 Å². The molecule has 21 heavy (non-hydrogen) atoms. The summed E-state index contributed by atoms with van der Waals surface area (Å²) in [5.74, 6) is -0.672. The first kappa shape index (κ1) is 16.0. The van der Waals surface area contributed by atoms with Crippen LogP contribution in [0, 0.1) is 11.3 Å². The van der Waals surface area contributed by atoms with Gasteiger partial charge < -0.3 is 14.2 Å². The zero-order chi connectivity index (χ0) is 15.1. The van der Waals surface area contributed by atoms with Crippen molar-refractivity contribution in [1.82, 2.24) is 0 Å². The molecule has 4 nitrogen and oxygen atoms in total. The lowest BCUT2D eigenvalue weighted by atomic mass is 10.0. The van der Waals surface area contributed by atoms with Gasteiger partial charge in [0.1, 0.15) is 6.10 Å². The monoisotopic (exact) mass is 289 g/mol. The zero-order valence-electron chi connectivity index (χ0n) is 12.7. The lowest BCUT2D eigenvalue weighted by molar-refractivity contribution is -0.289. The number of hydrogen-bond donors (Lipinski definition) is 0. The van der Waals surface area contributed by atoms with Gasteiger partial charge in [-0.3, -0.25) is 0 Å². The van der Waals surface area contributed by atoms with Crippen LogP contribution in [-0.4, -0.2) is 24.6 Å². The number of ether oxygens (including phenoxy) is 3. The van der Waals surface area contributed by atoms with Crippen molar-refractivity contribution >= 4 is 0 Å². The molecule has 0 aromatic heterocycles. The van der Waals surface area contributed by atoms with Gasteiger partial charge in [-0.25, -0.2) is 0 Å². The van der Waals surface area contributed by atoms with Crippen molar-refractivity contribution in [2.45, 2.75) is 57.7 Å². The summed E-state index contributed by atoms with van der Waals surface area (Å²) in [6, 6.07) is 12.3. The van der Waals surface area contributed by atoms with E-state index in [0.717, 1.165) is 12.8 Å². The molecule has 1 aliphatic heterocycles. The SMILES string of the molecule is CC1(C)OC(C#N)C[C@H](CCCOCc2ccccc2)O1. The second-order valence-corrected chi connectivity index (χ2v) is 5.79. The number of nitriles is 1. The molecule has 0 saturated carbocycles. The van der Waals surface area contributed by atoms with Crippen molar-refractivity contribution < 1.29 is 14.2 Å². The van der Waals surface area contributed by atoms with Crippen LogP contribution < -0.4 is 0 Å². The van der Waals surface area contributed by atoms with E-state index in [2.05, 4.69) is 18.2 Å². The predicted octanol–water partition coefficient (Wildman–Crippen LogP) is 3.42. The van der Waals surface area contributed by atoms with E-state index in [1.165, 1.54) is 5.56 Å². The molecule has 1 heterocycles. The highest BCUT2D eigenvalue weighted by atomic mass is 16.7. The maximum atomic E-state index is 9.02. The standard InChI is InChI=1S/C17H23NO3/c1-17(2)20-15(11-16(12-18)21-17)9-6-10-19-13-14-7-4-3-5-8-14/h3-5,7-8,15-16H,6,9-11,13H2,1-2H3/t15-,16?/m0/s1. The average molecular weight is 289 g/mol. The zero-order valence-corrected chi connectivity index (χ0v) is 12.7. The largest absolute Gasteiger partial charge is 0.377 e. The number of benzene rings is 1. The fraction of sp³-hybridized carbons (Fsp3) is 0.588. The highest BCUT2D eigenvalue weighted by Gasteiger charge is 2.35. The number of nitrogens with zero attached hydrogens (tertiary/aromatic N) is 1. The first-order valence-corrected chi connectivity index (χ1v) is 7.46. The molecular formula is C17H23NO3. The summed E-state index contributed by atoms with van der Waals surface area (Å²) in [7, 11) is 0. The van der Waals surface area contributed by atoms with Crippen molar-refractivity contribution in [2.75, 3.05) is 6.61 Å². The Morgan fingerprint density at radius 1 is 1.29 bits per heavy atom. The highest BCUT2D eigenvalue weighted by Crippen LogP contribution is 2.28. The molecule has 0 radical (unpaired) electrons. The summed E-state index contributed by atoms with van der Waals surface area (Å²) in [5, 5.41) is 9.02. The Balaban J connectivity index is 1.65. The number of rotatable bonds is 6. The molecule has 0 spiro atoms. The molecular weight excluding hydrogens is 266 g/mol. The molecule has 4 heteroatoms. The van der Waals surface area contributed by atoms with Crippen LogP contribution in [0.25, 0.3) is 0 Å². The maximum absolute atomic E-state index is 9.02. The molecule has 1 saturated heterocycles. The van der Waals surface area contributed by atoms with Crippen LogP contribution in [0.5, 0.6) is 0 Å². The van der Waals surface area contributed by atoms with Gasteiger partial charge in [-0.1, -0.05) is 30.3 Å². The molecule has 0 bridgehead atoms. The molecule has 2 rings (SSSR count). The van der Waals surface area contributed by atoms with Crippen molar-refractivity contribution in [3.05, 3.63) is 35.9 Å². The van der Waals surface area contributed by atoms with Crippen molar-refractivity contribution in [3.63, 3.8) is 0 Å². The van der Waals surface area contributed by atoms with E-state index in [0.29, 0.717) is 19.6 Å². The molecule has 1 aliphatic rings. The van der Waals surface area contributed by atoms with Crippen LogP contribution in [0.4, 0.5) is 0 Å². The van der Waals surface area contributed by atoms with Gasteiger partial charge in [0.25, 0.3) is 0 Å². The summed E-state index contributed by atoms with van der Waals surface area (Å²) in [6.07, 6.45) is 2.15. The highest BCUT2D eigenvalue weighted by molar-refractivity contribution is 5.13. The lowest BCUT2D eigenvalue weighted by Gasteiger charge is -2.38. The summed E-state index contributed by atoms with van der Waals surface area (Å²) in [6.45, 7) is 5.06. The van der Waals surface area contributed by atoms with Crippen LogP contribution in [0.1, 0.15) is 38.7 Å². The molecule has 0 N–H and O–H groups in total. The molecule has 1 aromatic rings. The molecule has 1 unspecified atom stereocenters. The summed E-state index contributed by atoms with van der Waals surface area (Å²) in [5.41, 5.74) is 1.19. The van der Waals surface area contributed by atoms with Crippen LogP contribution in [-0.2, 0) is 20.8 Å². The normalized spacial score (nSPS) is 24.4. The van der Waals surface area contributed by atoms with Gasteiger partial charge in [0.05, 0.1) is 18.8 Å². The van der Waals surface area contributed by atoms with Gasteiger partial charge in [-0.05, 0) is 32.3 Å². The molecule has 0 amide bonds. The van der Waals surface area contributed by atoms with Crippen LogP contribution >= 0.6 is 0 Å². The quantitative estimate of drug-likeness (QED) is 0.753. The average Bonchev–Trinajstić information content (AvgIpc) is 2.46. The summed E-state index contributed by atoms with van der Waals surface area (Å²) < 4.78 is 17.0. The van der Waals surface area contributed by atoms with E-state index in [1.54, 1.807) is 0 Å². The maximum Gasteiger partial charge on any atom is 0.164 e. The Morgan fingerprint density at radius 2 is 2.05 bits per heavy atom. The Labute approximate surface area is 126 Å².